The topological polar surface area (TPSA) is 117 Å². The molecule has 0 aliphatic carbocycles. The van der Waals surface area contributed by atoms with Crippen LogP contribution in [0.25, 0.3) is 0 Å². The monoisotopic (exact) mass is 1020 g/mol. The second-order valence-electron chi connectivity index (χ2n) is 21.8. The van der Waals surface area contributed by atoms with E-state index in [0.717, 1.165) is 136 Å². The third kappa shape index (κ3) is 55.8. The lowest BCUT2D eigenvalue weighted by Gasteiger charge is -2.26. The van der Waals surface area contributed by atoms with Gasteiger partial charge in [0.25, 0.3) is 0 Å². The van der Waals surface area contributed by atoms with Crippen LogP contribution in [0, 0.1) is 0 Å². The lowest BCUT2D eigenvalue weighted by molar-refractivity contribution is -0.144. The number of rotatable bonds is 62. The molecule has 0 heterocycles. The van der Waals surface area contributed by atoms with Gasteiger partial charge in [0.15, 0.2) is 11.7 Å². The third-order valence-electron chi connectivity index (χ3n) is 14.8. The van der Waals surface area contributed by atoms with Crippen LogP contribution in [-0.2, 0) is 23.9 Å². The van der Waals surface area contributed by atoms with Crippen LogP contribution in [-0.4, -0.2) is 97.0 Å². The number of carboxylic acid groups (broad SMARTS) is 1. The molecule has 426 valence electrons. The molecule has 0 spiro atoms. The van der Waals surface area contributed by atoms with Crippen LogP contribution in [0.1, 0.15) is 322 Å². The maximum absolute atomic E-state index is 12.4. The van der Waals surface area contributed by atoms with Gasteiger partial charge in [0, 0.05) is 32.4 Å². The average Bonchev–Trinajstić information content (AvgIpc) is 3.37. The molecule has 0 aromatic carbocycles. The van der Waals surface area contributed by atoms with Crippen LogP contribution in [0.3, 0.4) is 0 Å². The number of aliphatic hydroxyl groups is 1. The molecule has 0 amide bonds. The molecular formula is C63H122N2O7. The SMILES string of the molecule is CCCCCCCCCCCCCCCCCCCCCCCCOC(=O)CCCCCN(CCCCCC(=O)O)CCCN(CCCO)CCCCCC(=C=O)OCCCCCCCCCCCCCC. The summed E-state index contributed by atoms with van der Waals surface area (Å²) in [6, 6.07) is 0. The molecule has 0 aromatic rings. The summed E-state index contributed by atoms with van der Waals surface area (Å²) in [4.78, 5) is 40.0. The number of carbonyl (C=O) groups excluding carboxylic acids is 2. The van der Waals surface area contributed by atoms with Crippen molar-refractivity contribution in [2.24, 2.45) is 0 Å². The highest BCUT2D eigenvalue weighted by molar-refractivity contribution is 5.69. The van der Waals surface area contributed by atoms with Crippen molar-refractivity contribution in [1.82, 2.24) is 9.80 Å². The summed E-state index contributed by atoms with van der Waals surface area (Å²) in [5, 5.41) is 18.7. The molecule has 0 radical (unpaired) electrons. The third-order valence-corrected chi connectivity index (χ3v) is 14.8. The Balaban J connectivity index is 4.12. The summed E-state index contributed by atoms with van der Waals surface area (Å²) in [5.74, 6) is 1.74. The molecule has 0 fully saturated rings. The van der Waals surface area contributed by atoms with Gasteiger partial charge in [0.05, 0.1) is 13.2 Å². The van der Waals surface area contributed by atoms with Gasteiger partial charge in [0.1, 0.15) is 0 Å². The zero-order valence-corrected chi connectivity index (χ0v) is 48.1. The van der Waals surface area contributed by atoms with Gasteiger partial charge in [-0.1, -0.05) is 239 Å². The van der Waals surface area contributed by atoms with Crippen LogP contribution < -0.4 is 0 Å². The minimum absolute atomic E-state index is 0.0595. The number of aliphatic carboxylic acids is 1. The number of hydrogen-bond acceptors (Lipinski definition) is 8. The summed E-state index contributed by atoms with van der Waals surface area (Å²) in [6.07, 6.45) is 57.5. The van der Waals surface area contributed by atoms with Crippen LogP contribution in [0.4, 0.5) is 0 Å². The first kappa shape index (κ1) is 70.1. The Labute approximate surface area is 446 Å². The number of allylic oxidation sites excluding steroid dienone is 1. The second-order valence-corrected chi connectivity index (χ2v) is 21.8. The summed E-state index contributed by atoms with van der Waals surface area (Å²) in [7, 11) is 0. The fourth-order valence-corrected chi connectivity index (χ4v) is 10.1. The van der Waals surface area contributed by atoms with E-state index >= 15 is 0 Å². The molecule has 9 heteroatoms. The Morgan fingerprint density at radius 3 is 0.986 bits per heavy atom. The van der Waals surface area contributed by atoms with Crippen LogP contribution in [0.2, 0.25) is 0 Å². The summed E-state index contributed by atoms with van der Waals surface area (Å²) >= 11 is 0. The normalized spacial score (nSPS) is 11.5. The minimum atomic E-state index is -0.724. The second kappa shape index (κ2) is 59.9. The van der Waals surface area contributed by atoms with E-state index in [1.807, 2.05) is 5.94 Å². The van der Waals surface area contributed by atoms with Crippen molar-refractivity contribution in [3.05, 3.63) is 5.76 Å². The smallest absolute Gasteiger partial charge is 0.305 e. The van der Waals surface area contributed by atoms with Gasteiger partial charge in [-0.25, -0.2) is 4.79 Å². The molecule has 0 aromatic heterocycles. The molecule has 0 saturated carbocycles. The molecule has 0 unspecified atom stereocenters. The van der Waals surface area contributed by atoms with Crippen molar-refractivity contribution in [2.45, 2.75) is 322 Å². The maximum Gasteiger partial charge on any atom is 0.305 e. The van der Waals surface area contributed by atoms with Gasteiger partial charge in [0.2, 0.25) is 0 Å². The molecule has 0 bridgehead atoms. The quantitative estimate of drug-likeness (QED) is 0.0266. The Morgan fingerprint density at radius 1 is 0.347 bits per heavy atom. The van der Waals surface area contributed by atoms with Gasteiger partial charge in [-0.2, -0.15) is 0 Å². The zero-order chi connectivity index (χ0) is 52.3. The van der Waals surface area contributed by atoms with Crippen molar-refractivity contribution >= 4 is 17.9 Å². The van der Waals surface area contributed by atoms with Crippen molar-refractivity contribution in [1.29, 1.82) is 0 Å². The number of esters is 1. The van der Waals surface area contributed by atoms with E-state index in [4.69, 9.17) is 14.6 Å². The number of carbonyl (C=O) groups is 2. The minimum Gasteiger partial charge on any atom is -0.487 e. The van der Waals surface area contributed by atoms with Gasteiger partial charge < -0.3 is 29.5 Å². The molecule has 0 rings (SSSR count). The maximum atomic E-state index is 12.4. The number of aliphatic hydroxyl groups excluding tert-OH is 1. The van der Waals surface area contributed by atoms with E-state index in [-0.39, 0.29) is 19.0 Å². The van der Waals surface area contributed by atoms with Crippen LogP contribution in [0.15, 0.2) is 5.76 Å². The number of unbranched alkanes of at least 4 members (excludes halogenated alkanes) is 38. The van der Waals surface area contributed by atoms with E-state index < -0.39 is 5.97 Å². The fraction of sp³-hybridized carbons (Fsp3) is 0.937. The molecule has 0 atom stereocenters. The number of ether oxygens (including phenoxy) is 2. The molecule has 72 heavy (non-hydrogen) atoms. The lowest BCUT2D eigenvalue weighted by atomic mass is 10.0. The average molecular weight is 1020 g/mol. The van der Waals surface area contributed by atoms with E-state index in [1.54, 1.807) is 0 Å². The van der Waals surface area contributed by atoms with Crippen molar-refractivity contribution < 1.29 is 34.1 Å². The first-order valence-corrected chi connectivity index (χ1v) is 31.8. The number of nitrogens with zero attached hydrogens (tertiary/aromatic N) is 2. The summed E-state index contributed by atoms with van der Waals surface area (Å²) in [6.45, 7) is 11.7. The standard InChI is InChI=1S/C63H122N2O7/c1-3-5-7-9-11-13-15-17-18-19-20-21-22-23-24-25-26-28-30-32-34-45-59-72-63(70)50-40-37-43-52-64(51-42-36-39-49-62(68)69)54-46-55-65(56-47-57-66)53-41-35-38-48-61(60-67)71-58-44-33-31-29-27-16-14-12-10-8-6-4-2/h66H,3-59H2,1-2H3,(H,68,69). The van der Waals surface area contributed by atoms with E-state index in [9.17, 15) is 19.5 Å². The zero-order valence-electron chi connectivity index (χ0n) is 48.1. The fourth-order valence-electron chi connectivity index (χ4n) is 10.1. The van der Waals surface area contributed by atoms with Gasteiger partial charge >= 0.3 is 11.9 Å². The van der Waals surface area contributed by atoms with E-state index in [0.29, 0.717) is 31.8 Å². The molecule has 0 aliphatic heterocycles. The lowest BCUT2D eigenvalue weighted by Crippen LogP contribution is -2.33. The van der Waals surface area contributed by atoms with Crippen LogP contribution >= 0.6 is 0 Å². The van der Waals surface area contributed by atoms with Crippen molar-refractivity contribution in [3.63, 3.8) is 0 Å². The molecular weight excluding hydrogens is 897 g/mol. The molecule has 2 N–H and O–H groups in total. The highest BCUT2D eigenvalue weighted by atomic mass is 16.5. The predicted molar refractivity (Wildman–Crippen MR) is 307 cm³/mol. The molecule has 9 nitrogen and oxygen atoms in total. The Hall–Kier alpha value is -1.93. The molecule has 0 saturated heterocycles. The number of hydrogen-bond donors (Lipinski definition) is 2. The highest BCUT2D eigenvalue weighted by Crippen LogP contribution is 2.17. The van der Waals surface area contributed by atoms with Gasteiger partial charge in [-0.05, 0) is 96.9 Å². The van der Waals surface area contributed by atoms with Crippen LogP contribution in [0.5, 0.6) is 0 Å². The van der Waals surface area contributed by atoms with Gasteiger partial charge in [-0.15, -0.1) is 0 Å². The van der Waals surface area contributed by atoms with Crippen molar-refractivity contribution in [2.75, 3.05) is 59.1 Å². The Bertz CT molecular complexity index is 1160. The summed E-state index contributed by atoms with van der Waals surface area (Å²) < 4.78 is 11.4. The van der Waals surface area contributed by atoms with E-state index in [1.165, 1.54) is 193 Å². The summed E-state index contributed by atoms with van der Waals surface area (Å²) in [5.41, 5.74) is 0. The van der Waals surface area contributed by atoms with E-state index in [2.05, 4.69) is 23.6 Å². The van der Waals surface area contributed by atoms with Crippen molar-refractivity contribution in [3.8, 4) is 0 Å². The van der Waals surface area contributed by atoms with Gasteiger partial charge in [-0.3, -0.25) is 9.59 Å². The number of carboxylic acids is 1. The highest BCUT2D eigenvalue weighted by Gasteiger charge is 2.11. The predicted octanol–water partition coefficient (Wildman–Crippen LogP) is 17.7. The largest absolute Gasteiger partial charge is 0.487 e. The first-order valence-electron chi connectivity index (χ1n) is 31.8. The Morgan fingerprint density at radius 2 is 0.639 bits per heavy atom. The molecule has 0 aliphatic rings. The first-order chi connectivity index (χ1) is 35.5. The Kier molecular flexibility index (Phi) is 58.3.